The van der Waals surface area contributed by atoms with E-state index in [4.69, 9.17) is 9.84 Å². The van der Waals surface area contributed by atoms with E-state index < -0.39 is 12.6 Å². The lowest BCUT2D eigenvalue weighted by Gasteiger charge is -2.07. The summed E-state index contributed by atoms with van der Waals surface area (Å²) in [6, 6.07) is 0. The Morgan fingerprint density at radius 3 is 3.00 bits per heavy atom. The number of rotatable bonds is 3. The zero-order valence-corrected chi connectivity index (χ0v) is 7.65. The molecule has 0 bridgehead atoms. The molecule has 72 valence electrons. The quantitative estimate of drug-likeness (QED) is 0.490. The van der Waals surface area contributed by atoms with Crippen molar-refractivity contribution >= 4 is 5.97 Å². The van der Waals surface area contributed by atoms with Gasteiger partial charge in [-0.2, -0.15) is 0 Å². The number of nitrogens with zero attached hydrogens (tertiary/aromatic N) is 1. The molecule has 0 aliphatic rings. The van der Waals surface area contributed by atoms with E-state index in [1.807, 2.05) is 17.8 Å². The minimum absolute atomic E-state index is 0.375. The number of carbonyl (C=O) groups excluding carboxylic acids is 1. The van der Waals surface area contributed by atoms with Crippen LogP contribution in [0.2, 0.25) is 0 Å². The molecule has 0 saturated carbocycles. The summed E-state index contributed by atoms with van der Waals surface area (Å²) in [5, 5.41) is 8.46. The van der Waals surface area contributed by atoms with E-state index in [-0.39, 0.29) is 6.10 Å². The number of hydrogen-bond acceptors (Lipinski definition) is 3. The van der Waals surface area contributed by atoms with Crippen molar-refractivity contribution in [1.29, 1.82) is 0 Å². The topological polar surface area (TPSA) is 66.2 Å². The maximum atomic E-state index is 10.7. The van der Waals surface area contributed by atoms with Crippen molar-refractivity contribution in [2.45, 2.75) is 13.0 Å². The number of aromatic amines is 1. The molecule has 0 radical (unpaired) electrons. The normalized spacial score (nSPS) is 12.5. The predicted molar refractivity (Wildman–Crippen MR) is 43.6 cm³/mol. The number of aliphatic hydroxyl groups is 1. The van der Waals surface area contributed by atoms with Crippen LogP contribution in [0.3, 0.4) is 0 Å². The Balaban J connectivity index is 2.63. The average molecular weight is 185 g/mol. The second-order valence-electron chi connectivity index (χ2n) is 2.75. The van der Waals surface area contributed by atoms with Crippen molar-refractivity contribution < 1.29 is 19.2 Å². The molecule has 1 atom stereocenters. The summed E-state index contributed by atoms with van der Waals surface area (Å²) >= 11 is 0. The monoisotopic (exact) mass is 185 g/mol. The van der Waals surface area contributed by atoms with Crippen LogP contribution in [0.4, 0.5) is 0 Å². The Labute approximate surface area is 76.0 Å². The van der Waals surface area contributed by atoms with Crippen LogP contribution in [0.15, 0.2) is 12.4 Å². The molecule has 1 aromatic heterocycles. The SMILES string of the molecule is CC(OC(=O)CO)c1[nH]cc[n+]1C. The minimum atomic E-state index is -0.623. The molecule has 5 nitrogen and oxygen atoms in total. The summed E-state index contributed by atoms with van der Waals surface area (Å²) in [7, 11) is 1.84. The summed E-state index contributed by atoms with van der Waals surface area (Å²) in [5.74, 6) is 0.156. The number of aliphatic hydroxyl groups excluding tert-OH is 1. The third kappa shape index (κ3) is 2.29. The first kappa shape index (κ1) is 9.73. The Hall–Kier alpha value is -1.36. The maximum Gasteiger partial charge on any atom is 0.332 e. The van der Waals surface area contributed by atoms with E-state index >= 15 is 0 Å². The van der Waals surface area contributed by atoms with E-state index in [2.05, 4.69) is 4.98 Å². The van der Waals surface area contributed by atoms with Crippen molar-refractivity contribution in [2.24, 2.45) is 7.05 Å². The summed E-state index contributed by atoms with van der Waals surface area (Å²) in [6.45, 7) is 1.15. The van der Waals surface area contributed by atoms with E-state index in [0.717, 1.165) is 5.82 Å². The van der Waals surface area contributed by atoms with Crippen LogP contribution in [0, 0.1) is 0 Å². The molecule has 1 unspecified atom stereocenters. The number of aromatic nitrogens is 2. The van der Waals surface area contributed by atoms with E-state index in [1.165, 1.54) is 0 Å². The van der Waals surface area contributed by atoms with Crippen molar-refractivity contribution in [3.05, 3.63) is 18.2 Å². The summed E-state index contributed by atoms with van der Waals surface area (Å²) < 4.78 is 6.70. The molecule has 0 spiro atoms. The minimum Gasteiger partial charge on any atom is -0.448 e. The largest absolute Gasteiger partial charge is 0.448 e. The highest BCUT2D eigenvalue weighted by molar-refractivity contribution is 5.70. The van der Waals surface area contributed by atoms with Crippen molar-refractivity contribution in [3.8, 4) is 0 Å². The lowest BCUT2D eigenvalue weighted by atomic mass is 10.4. The zero-order valence-electron chi connectivity index (χ0n) is 7.65. The highest BCUT2D eigenvalue weighted by Gasteiger charge is 2.19. The highest BCUT2D eigenvalue weighted by atomic mass is 16.6. The number of aryl methyl sites for hydroxylation is 1. The fraction of sp³-hybridized carbons (Fsp3) is 0.500. The number of carbonyl (C=O) groups is 1. The van der Waals surface area contributed by atoms with Crippen molar-refractivity contribution in [1.82, 2.24) is 4.98 Å². The Morgan fingerprint density at radius 1 is 1.85 bits per heavy atom. The molecule has 13 heavy (non-hydrogen) atoms. The lowest BCUT2D eigenvalue weighted by molar-refractivity contribution is -0.681. The fourth-order valence-corrected chi connectivity index (χ4v) is 1.11. The van der Waals surface area contributed by atoms with E-state index in [0.29, 0.717) is 0 Å². The van der Waals surface area contributed by atoms with Gasteiger partial charge in [-0.05, 0) is 6.92 Å². The summed E-state index contributed by atoms with van der Waals surface area (Å²) in [6.07, 6.45) is 3.19. The van der Waals surface area contributed by atoms with Gasteiger partial charge in [-0.3, -0.25) is 0 Å². The Kier molecular flexibility index (Phi) is 3.02. The molecule has 1 aromatic rings. The van der Waals surface area contributed by atoms with Gasteiger partial charge in [0, 0.05) is 0 Å². The predicted octanol–water partition coefficient (Wildman–Crippen LogP) is -0.564. The molecule has 0 aromatic carbocycles. The molecule has 5 heteroatoms. The van der Waals surface area contributed by atoms with Crippen LogP contribution in [-0.2, 0) is 16.6 Å². The average Bonchev–Trinajstić information content (AvgIpc) is 2.51. The van der Waals surface area contributed by atoms with Gasteiger partial charge in [0.15, 0.2) is 6.10 Å². The van der Waals surface area contributed by atoms with Crippen molar-refractivity contribution in [3.63, 3.8) is 0 Å². The Bertz CT molecular complexity index is 295. The maximum absolute atomic E-state index is 10.7. The number of hydrogen-bond donors (Lipinski definition) is 2. The molecule has 0 amide bonds. The van der Waals surface area contributed by atoms with Crippen LogP contribution >= 0.6 is 0 Å². The van der Waals surface area contributed by atoms with E-state index in [1.54, 1.807) is 13.1 Å². The number of esters is 1. The second kappa shape index (κ2) is 4.04. The highest BCUT2D eigenvalue weighted by Crippen LogP contribution is 2.09. The molecule has 0 aliphatic heterocycles. The first-order valence-electron chi connectivity index (χ1n) is 3.98. The molecule has 1 heterocycles. The zero-order chi connectivity index (χ0) is 9.84. The van der Waals surface area contributed by atoms with Crippen molar-refractivity contribution in [2.75, 3.05) is 6.61 Å². The van der Waals surface area contributed by atoms with Gasteiger partial charge < -0.3 is 9.84 Å². The van der Waals surface area contributed by atoms with E-state index in [9.17, 15) is 4.79 Å². The summed E-state index contributed by atoms with van der Waals surface area (Å²) in [4.78, 5) is 13.7. The molecule has 0 saturated heterocycles. The van der Waals surface area contributed by atoms with Gasteiger partial charge in [-0.15, -0.1) is 0 Å². The molecular formula is C8H13N2O3+. The van der Waals surface area contributed by atoms with Gasteiger partial charge in [0.25, 0.3) is 5.82 Å². The lowest BCUT2D eigenvalue weighted by Crippen LogP contribution is -2.33. The van der Waals surface area contributed by atoms with Crippen LogP contribution in [0.25, 0.3) is 0 Å². The number of H-pyrrole nitrogens is 1. The third-order valence-corrected chi connectivity index (χ3v) is 1.73. The Morgan fingerprint density at radius 2 is 2.54 bits per heavy atom. The third-order valence-electron chi connectivity index (χ3n) is 1.73. The molecule has 1 rings (SSSR count). The molecule has 0 aliphatic carbocycles. The molecule has 0 fully saturated rings. The standard InChI is InChI=1S/C8H12N2O3/c1-6(13-7(12)5-11)8-9-3-4-10(8)2/h3-4,6,11H,5H2,1-2H3/p+1. The van der Waals surface area contributed by atoms with Gasteiger partial charge in [0.05, 0.1) is 7.05 Å². The number of nitrogens with one attached hydrogen (secondary N) is 1. The first-order chi connectivity index (χ1) is 6.15. The number of ether oxygens (including phenoxy) is 1. The fourth-order valence-electron chi connectivity index (χ4n) is 1.11. The summed E-state index contributed by atoms with van der Waals surface area (Å²) in [5.41, 5.74) is 0. The first-order valence-corrected chi connectivity index (χ1v) is 3.98. The second-order valence-corrected chi connectivity index (χ2v) is 2.75. The van der Waals surface area contributed by atoms with Gasteiger partial charge in [0.1, 0.15) is 19.0 Å². The van der Waals surface area contributed by atoms with Crippen LogP contribution < -0.4 is 4.57 Å². The van der Waals surface area contributed by atoms with Crippen LogP contribution in [0.5, 0.6) is 0 Å². The van der Waals surface area contributed by atoms with Gasteiger partial charge in [-0.1, -0.05) is 0 Å². The van der Waals surface area contributed by atoms with Gasteiger partial charge >= 0.3 is 5.97 Å². The molecular weight excluding hydrogens is 172 g/mol. The van der Waals surface area contributed by atoms with Gasteiger partial charge in [0.2, 0.25) is 0 Å². The van der Waals surface area contributed by atoms with Crippen LogP contribution in [0.1, 0.15) is 18.9 Å². The molecule has 2 N–H and O–H groups in total. The van der Waals surface area contributed by atoms with Gasteiger partial charge in [-0.25, -0.2) is 14.3 Å². The number of imidazole rings is 1. The van der Waals surface area contributed by atoms with Crippen LogP contribution in [-0.4, -0.2) is 22.7 Å². The smallest absolute Gasteiger partial charge is 0.332 e.